The molecule has 0 aromatic rings. The summed E-state index contributed by atoms with van der Waals surface area (Å²) < 4.78 is 29.7. The average molecular weight is 323 g/mol. The quantitative estimate of drug-likeness (QED) is 0.348. The van der Waals surface area contributed by atoms with Crippen LogP contribution in [0.1, 0.15) is 90.4 Å². The minimum atomic E-state index is -3.93. The monoisotopic (exact) mass is 322 g/mol. The van der Waals surface area contributed by atoms with Gasteiger partial charge in [-0.1, -0.05) is 77.6 Å². The van der Waals surface area contributed by atoms with Crippen LogP contribution in [0.5, 0.6) is 0 Å². The highest BCUT2D eigenvalue weighted by atomic mass is 32.2. The Morgan fingerprint density at radius 3 is 1.62 bits per heavy atom. The maximum Gasteiger partial charge on any atom is 0.264 e. The van der Waals surface area contributed by atoms with Gasteiger partial charge in [-0.15, -0.1) is 0 Å². The predicted octanol–water partition coefficient (Wildman–Crippen LogP) is 4.33. The Kier molecular flexibility index (Phi) is 13.4. The van der Waals surface area contributed by atoms with Gasteiger partial charge in [0.25, 0.3) is 10.1 Å². The number of hydrogen-bond donors (Lipinski definition) is 2. The van der Waals surface area contributed by atoms with E-state index < -0.39 is 16.2 Å². The van der Waals surface area contributed by atoms with Gasteiger partial charge in [-0.3, -0.25) is 4.55 Å². The summed E-state index contributed by atoms with van der Waals surface area (Å²) in [5.74, 6) is -0.341. The van der Waals surface area contributed by atoms with Gasteiger partial charge in [0.05, 0.1) is 11.9 Å². The molecule has 0 aliphatic heterocycles. The van der Waals surface area contributed by atoms with Crippen LogP contribution in [0.15, 0.2) is 0 Å². The zero-order chi connectivity index (χ0) is 16.0. The Hall–Kier alpha value is -0.130. The highest BCUT2D eigenvalue weighted by Gasteiger charge is 2.10. The Labute approximate surface area is 131 Å². The minimum Gasteiger partial charge on any atom is -0.393 e. The fourth-order valence-electron chi connectivity index (χ4n) is 2.47. The number of aliphatic hydroxyl groups is 1. The molecule has 0 rings (SSSR count). The molecule has 0 aliphatic rings. The van der Waals surface area contributed by atoms with E-state index in [9.17, 15) is 13.5 Å². The van der Waals surface area contributed by atoms with E-state index in [1.54, 1.807) is 0 Å². The molecule has 4 nitrogen and oxygen atoms in total. The zero-order valence-corrected chi connectivity index (χ0v) is 14.4. The van der Waals surface area contributed by atoms with E-state index in [4.69, 9.17) is 4.55 Å². The third-order valence-corrected chi connectivity index (χ3v) is 4.60. The van der Waals surface area contributed by atoms with Gasteiger partial charge in [-0.25, -0.2) is 0 Å². The second-order valence-electron chi connectivity index (χ2n) is 6.05. The Morgan fingerprint density at radius 2 is 1.19 bits per heavy atom. The van der Waals surface area contributed by atoms with E-state index in [0.29, 0.717) is 6.42 Å². The second-order valence-corrected chi connectivity index (χ2v) is 7.62. The molecule has 0 saturated carbocycles. The largest absolute Gasteiger partial charge is 0.393 e. The molecule has 0 fully saturated rings. The van der Waals surface area contributed by atoms with Crippen molar-refractivity contribution in [2.75, 3.05) is 5.75 Å². The molecular weight excluding hydrogens is 288 g/mol. The minimum absolute atomic E-state index is 0.136. The number of aliphatic hydroxyl groups excluding tert-OH is 1. The molecule has 0 heterocycles. The summed E-state index contributed by atoms with van der Waals surface area (Å²) >= 11 is 0. The molecule has 0 amide bonds. The molecule has 128 valence electrons. The molecule has 0 spiro atoms. The molecular formula is C16H34O4S. The van der Waals surface area contributed by atoms with Crippen molar-refractivity contribution in [3.8, 4) is 0 Å². The molecule has 1 atom stereocenters. The molecule has 0 radical (unpaired) electrons. The predicted molar refractivity (Wildman–Crippen MR) is 88.1 cm³/mol. The lowest BCUT2D eigenvalue weighted by Crippen LogP contribution is -2.14. The van der Waals surface area contributed by atoms with Crippen molar-refractivity contribution in [2.45, 2.75) is 96.5 Å². The van der Waals surface area contributed by atoms with Crippen LogP contribution in [0.2, 0.25) is 0 Å². The van der Waals surface area contributed by atoms with E-state index in [1.165, 1.54) is 57.8 Å². The van der Waals surface area contributed by atoms with Gasteiger partial charge in [0, 0.05) is 0 Å². The summed E-state index contributed by atoms with van der Waals surface area (Å²) in [7, 11) is -3.93. The van der Waals surface area contributed by atoms with Gasteiger partial charge < -0.3 is 5.11 Å². The summed E-state index contributed by atoms with van der Waals surface area (Å²) in [6, 6.07) is 0. The van der Waals surface area contributed by atoms with Crippen molar-refractivity contribution in [3.05, 3.63) is 0 Å². The summed E-state index contributed by atoms with van der Waals surface area (Å²) in [5.41, 5.74) is 0. The van der Waals surface area contributed by atoms with E-state index in [0.717, 1.165) is 12.8 Å². The fraction of sp³-hybridized carbons (Fsp3) is 1.00. The van der Waals surface area contributed by atoms with Crippen LogP contribution in [0, 0.1) is 0 Å². The SMILES string of the molecule is CCCCCCCCCCCCCC(O)CCS(=O)(=O)O. The van der Waals surface area contributed by atoms with E-state index in [1.807, 2.05) is 0 Å². The first kappa shape index (κ1) is 20.9. The number of unbranched alkanes of at least 4 members (excludes halogenated alkanes) is 10. The molecule has 0 aromatic carbocycles. The van der Waals surface area contributed by atoms with Crippen LogP contribution in [0.4, 0.5) is 0 Å². The third kappa shape index (κ3) is 17.8. The topological polar surface area (TPSA) is 74.6 Å². The van der Waals surface area contributed by atoms with Gasteiger partial charge in [-0.2, -0.15) is 8.42 Å². The standard InChI is InChI=1S/C16H34O4S/c1-2-3-4-5-6-7-8-9-10-11-12-13-16(17)14-15-21(18,19)20/h16-17H,2-15H2,1H3,(H,18,19,20). The molecule has 0 aliphatic carbocycles. The van der Waals surface area contributed by atoms with Crippen LogP contribution in [0.25, 0.3) is 0 Å². The zero-order valence-electron chi connectivity index (χ0n) is 13.6. The van der Waals surface area contributed by atoms with Crippen LogP contribution < -0.4 is 0 Å². The van der Waals surface area contributed by atoms with E-state index >= 15 is 0 Å². The molecule has 0 aromatic heterocycles. The van der Waals surface area contributed by atoms with Gasteiger partial charge in [0.2, 0.25) is 0 Å². The first-order valence-electron chi connectivity index (χ1n) is 8.59. The van der Waals surface area contributed by atoms with Crippen molar-refractivity contribution in [3.63, 3.8) is 0 Å². The lowest BCUT2D eigenvalue weighted by atomic mass is 10.0. The lowest BCUT2D eigenvalue weighted by Gasteiger charge is -2.09. The second kappa shape index (κ2) is 13.5. The molecule has 0 saturated heterocycles. The number of hydrogen-bond acceptors (Lipinski definition) is 3. The molecule has 2 N–H and O–H groups in total. The van der Waals surface area contributed by atoms with Gasteiger partial charge in [0.15, 0.2) is 0 Å². The van der Waals surface area contributed by atoms with Gasteiger partial charge in [-0.05, 0) is 12.8 Å². The van der Waals surface area contributed by atoms with Crippen LogP contribution >= 0.6 is 0 Å². The summed E-state index contributed by atoms with van der Waals surface area (Å²) in [6.45, 7) is 2.24. The highest BCUT2D eigenvalue weighted by Crippen LogP contribution is 2.13. The molecule has 21 heavy (non-hydrogen) atoms. The van der Waals surface area contributed by atoms with Crippen molar-refractivity contribution in [1.29, 1.82) is 0 Å². The van der Waals surface area contributed by atoms with Crippen molar-refractivity contribution in [2.24, 2.45) is 0 Å². The fourth-order valence-corrected chi connectivity index (χ4v) is 3.04. The Bertz CT molecular complexity index is 314. The highest BCUT2D eigenvalue weighted by molar-refractivity contribution is 7.85. The summed E-state index contributed by atoms with van der Waals surface area (Å²) in [4.78, 5) is 0. The summed E-state index contributed by atoms with van der Waals surface area (Å²) in [5, 5.41) is 9.58. The number of rotatable bonds is 15. The molecule has 1 unspecified atom stereocenters. The Balaban J connectivity index is 3.21. The third-order valence-electron chi connectivity index (χ3n) is 3.85. The van der Waals surface area contributed by atoms with Crippen LogP contribution in [0.3, 0.4) is 0 Å². The first-order chi connectivity index (χ1) is 9.95. The average Bonchev–Trinajstić information content (AvgIpc) is 2.42. The Morgan fingerprint density at radius 1 is 0.762 bits per heavy atom. The van der Waals surface area contributed by atoms with Crippen LogP contribution in [-0.2, 0) is 10.1 Å². The molecule has 0 bridgehead atoms. The van der Waals surface area contributed by atoms with Crippen molar-refractivity contribution in [1.82, 2.24) is 0 Å². The summed E-state index contributed by atoms with van der Waals surface area (Å²) in [6.07, 6.45) is 14.0. The maximum absolute atomic E-state index is 10.5. The van der Waals surface area contributed by atoms with Crippen molar-refractivity contribution >= 4 is 10.1 Å². The van der Waals surface area contributed by atoms with Crippen LogP contribution in [-0.4, -0.2) is 29.9 Å². The van der Waals surface area contributed by atoms with E-state index in [2.05, 4.69) is 6.92 Å². The van der Waals surface area contributed by atoms with Gasteiger partial charge >= 0.3 is 0 Å². The maximum atomic E-state index is 10.5. The lowest BCUT2D eigenvalue weighted by molar-refractivity contribution is 0.156. The van der Waals surface area contributed by atoms with Crippen molar-refractivity contribution < 1.29 is 18.1 Å². The van der Waals surface area contributed by atoms with E-state index in [-0.39, 0.29) is 12.2 Å². The smallest absolute Gasteiger partial charge is 0.264 e. The molecule has 5 heteroatoms. The first-order valence-corrected chi connectivity index (χ1v) is 10.2. The normalized spacial score (nSPS) is 13.5. The van der Waals surface area contributed by atoms with Gasteiger partial charge in [0.1, 0.15) is 0 Å².